The Hall–Kier alpha value is -2.80. The van der Waals surface area contributed by atoms with E-state index in [1.807, 2.05) is 76.2 Å². The number of nitrogens with one attached hydrogen (secondary N) is 1. The van der Waals surface area contributed by atoms with E-state index in [1.165, 1.54) is 11.8 Å². The van der Waals surface area contributed by atoms with Crippen LogP contribution in [-0.2, 0) is 11.4 Å². The van der Waals surface area contributed by atoms with Gasteiger partial charge in [-0.3, -0.25) is 4.79 Å². The number of carbonyl (C=O) groups excluding carboxylic acids is 1. The summed E-state index contributed by atoms with van der Waals surface area (Å²) in [5.74, 6) is 1.08. The van der Waals surface area contributed by atoms with Crippen molar-refractivity contribution in [3.63, 3.8) is 0 Å². The van der Waals surface area contributed by atoms with Crippen LogP contribution < -0.4 is 10.1 Å². The van der Waals surface area contributed by atoms with E-state index in [-0.39, 0.29) is 23.8 Å². The van der Waals surface area contributed by atoms with Gasteiger partial charge in [-0.15, -0.1) is 10.2 Å². The summed E-state index contributed by atoms with van der Waals surface area (Å²) in [5, 5.41) is 11.0. The van der Waals surface area contributed by atoms with Crippen LogP contribution in [0, 0.1) is 13.8 Å². The van der Waals surface area contributed by atoms with E-state index >= 15 is 0 Å². The van der Waals surface area contributed by atoms with Crippen molar-refractivity contribution in [1.82, 2.24) is 15.5 Å². The number of benzene rings is 2. The van der Waals surface area contributed by atoms with Gasteiger partial charge in [-0.05, 0) is 50.5 Å². The number of aryl methyl sites for hydroxylation is 2. The van der Waals surface area contributed by atoms with Crippen LogP contribution in [0.15, 0.2) is 58.2 Å². The number of aromatic nitrogens is 2. The van der Waals surface area contributed by atoms with Gasteiger partial charge in [0.05, 0.1) is 11.3 Å². The van der Waals surface area contributed by atoms with E-state index in [9.17, 15) is 4.79 Å². The first kappa shape index (κ1) is 20.9. The minimum Gasteiger partial charge on any atom is -0.484 e. The molecule has 2 unspecified atom stereocenters. The summed E-state index contributed by atoms with van der Waals surface area (Å²) in [6, 6.07) is 15.8. The lowest BCUT2D eigenvalue weighted by Crippen LogP contribution is -2.33. The second-order valence-electron chi connectivity index (χ2n) is 6.92. The summed E-state index contributed by atoms with van der Waals surface area (Å²) in [5.41, 5.74) is 3.22. The molecule has 0 saturated heterocycles. The molecule has 0 aliphatic rings. The highest BCUT2D eigenvalue weighted by molar-refractivity contribution is 8.00. The van der Waals surface area contributed by atoms with Crippen molar-refractivity contribution in [2.24, 2.45) is 0 Å². The number of hydrogen-bond donors (Lipinski definition) is 1. The highest BCUT2D eigenvalue weighted by Crippen LogP contribution is 2.24. The number of amides is 1. The number of rotatable bonds is 8. The molecule has 0 aliphatic carbocycles. The third-order valence-corrected chi connectivity index (χ3v) is 5.38. The fourth-order valence-electron chi connectivity index (χ4n) is 2.71. The van der Waals surface area contributed by atoms with Crippen LogP contribution in [0.2, 0.25) is 0 Å². The lowest BCUT2D eigenvalue weighted by molar-refractivity contribution is -0.120. The molecule has 1 amide bonds. The first-order valence-corrected chi connectivity index (χ1v) is 10.3. The molecule has 0 radical (unpaired) electrons. The predicted octanol–water partition coefficient (Wildman–Crippen LogP) is 4.62. The Morgan fingerprint density at radius 2 is 1.90 bits per heavy atom. The Morgan fingerprint density at radius 1 is 1.14 bits per heavy atom. The highest BCUT2D eigenvalue weighted by Gasteiger charge is 2.20. The maximum absolute atomic E-state index is 12.5. The first-order valence-electron chi connectivity index (χ1n) is 9.47. The molecular formula is C22H25N3O3S. The number of nitrogens with zero attached hydrogens (tertiary/aromatic N) is 2. The first-order chi connectivity index (χ1) is 13.9. The van der Waals surface area contributed by atoms with Gasteiger partial charge in [0.2, 0.25) is 5.91 Å². The average Bonchev–Trinajstić information content (AvgIpc) is 3.16. The Morgan fingerprint density at radius 3 is 2.66 bits per heavy atom. The van der Waals surface area contributed by atoms with Gasteiger partial charge in [0.1, 0.15) is 5.75 Å². The van der Waals surface area contributed by atoms with Crippen LogP contribution in [-0.4, -0.2) is 21.4 Å². The maximum atomic E-state index is 12.5. The zero-order chi connectivity index (χ0) is 20.8. The molecule has 29 heavy (non-hydrogen) atoms. The van der Waals surface area contributed by atoms with Gasteiger partial charge in [-0.1, -0.05) is 54.2 Å². The Kier molecular flexibility index (Phi) is 6.93. The Labute approximate surface area is 175 Å². The molecule has 0 fully saturated rings. The Balaban J connectivity index is 1.52. The predicted molar refractivity (Wildman–Crippen MR) is 113 cm³/mol. The molecule has 3 rings (SSSR count). The van der Waals surface area contributed by atoms with Crippen molar-refractivity contribution in [2.45, 2.75) is 50.8 Å². The smallest absolute Gasteiger partial charge is 0.277 e. The third-order valence-electron chi connectivity index (χ3n) is 4.45. The van der Waals surface area contributed by atoms with E-state index in [1.54, 1.807) is 0 Å². The van der Waals surface area contributed by atoms with E-state index < -0.39 is 0 Å². The fraction of sp³-hybridized carbons (Fsp3) is 0.318. The number of hydrogen-bond acceptors (Lipinski definition) is 6. The van der Waals surface area contributed by atoms with Gasteiger partial charge >= 0.3 is 0 Å². The molecule has 152 valence electrons. The lowest BCUT2D eigenvalue weighted by Gasteiger charge is -2.16. The number of ether oxygens (including phenoxy) is 1. The van der Waals surface area contributed by atoms with Crippen LogP contribution in [0.5, 0.6) is 5.75 Å². The molecule has 0 aliphatic heterocycles. The molecule has 1 N–H and O–H groups in total. The van der Waals surface area contributed by atoms with E-state index in [0.717, 1.165) is 22.4 Å². The summed E-state index contributed by atoms with van der Waals surface area (Å²) < 4.78 is 11.4. The zero-order valence-corrected chi connectivity index (χ0v) is 17.8. The van der Waals surface area contributed by atoms with Crippen molar-refractivity contribution in [1.29, 1.82) is 0 Å². The molecule has 1 heterocycles. The van der Waals surface area contributed by atoms with Crippen molar-refractivity contribution >= 4 is 17.7 Å². The molecule has 2 atom stereocenters. The number of carbonyl (C=O) groups is 1. The molecule has 6 nitrogen and oxygen atoms in total. The van der Waals surface area contributed by atoms with Crippen molar-refractivity contribution < 1.29 is 13.9 Å². The van der Waals surface area contributed by atoms with Crippen LogP contribution >= 0.6 is 11.8 Å². The number of thioether (sulfide) groups is 1. The summed E-state index contributed by atoms with van der Waals surface area (Å²) in [6.45, 7) is 7.96. The summed E-state index contributed by atoms with van der Waals surface area (Å²) >= 11 is 1.23. The van der Waals surface area contributed by atoms with E-state index in [4.69, 9.17) is 9.15 Å². The minimum absolute atomic E-state index is 0.0732. The molecule has 2 aromatic carbocycles. The molecule has 0 saturated carbocycles. The average molecular weight is 412 g/mol. The SMILES string of the molecule is Cc1ccc(C)c(OCc2nnc(SC(C)C(=O)NC(C)c3ccccc3)o2)c1. The largest absolute Gasteiger partial charge is 0.484 e. The monoisotopic (exact) mass is 411 g/mol. The topological polar surface area (TPSA) is 77.2 Å². The third kappa shape index (κ3) is 5.84. The highest BCUT2D eigenvalue weighted by atomic mass is 32.2. The van der Waals surface area contributed by atoms with Gasteiger partial charge in [0, 0.05) is 0 Å². The van der Waals surface area contributed by atoms with Gasteiger partial charge in [0.15, 0.2) is 6.61 Å². The van der Waals surface area contributed by atoms with Crippen LogP contribution in [0.3, 0.4) is 0 Å². The van der Waals surface area contributed by atoms with Crippen molar-refractivity contribution in [3.05, 3.63) is 71.1 Å². The van der Waals surface area contributed by atoms with E-state index in [2.05, 4.69) is 15.5 Å². The van der Waals surface area contributed by atoms with Gasteiger partial charge in [-0.2, -0.15) is 0 Å². The van der Waals surface area contributed by atoms with Gasteiger partial charge < -0.3 is 14.5 Å². The maximum Gasteiger partial charge on any atom is 0.277 e. The summed E-state index contributed by atoms with van der Waals surface area (Å²) in [7, 11) is 0. The normalized spacial score (nSPS) is 13.0. The molecule has 0 bridgehead atoms. The van der Waals surface area contributed by atoms with Crippen LogP contribution in [0.1, 0.15) is 42.5 Å². The second-order valence-corrected chi connectivity index (χ2v) is 8.21. The van der Waals surface area contributed by atoms with Gasteiger partial charge in [-0.25, -0.2) is 0 Å². The Bertz CT molecular complexity index is 959. The van der Waals surface area contributed by atoms with Crippen molar-refractivity contribution in [2.75, 3.05) is 0 Å². The second kappa shape index (κ2) is 9.60. The molecular weight excluding hydrogens is 386 g/mol. The van der Waals surface area contributed by atoms with Crippen LogP contribution in [0.25, 0.3) is 0 Å². The van der Waals surface area contributed by atoms with Crippen molar-refractivity contribution in [3.8, 4) is 5.75 Å². The molecule has 7 heteroatoms. The summed E-state index contributed by atoms with van der Waals surface area (Å²) in [6.07, 6.45) is 0. The van der Waals surface area contributed by atoms with Gasteiger partial charge in [0.25, 0.3) is 11.1 Å². The zero-order valence-electron chi connectivity index (χ0n) is 17.0. The quantitative estimate of drug-likeness (QED) is 0.545. The molecule has 1 aromatic heterocycles. The minimum atomic E-state index is -0.366. The fourth-order valence-corrected chi connectivity index (χ4v) is 3.42. The van der Waals surface area contributed by atoms with E-state index in [0.29, 0.717) is 11.1 Å². The molecule has 3 aromatic rings. The summed E-state index contributed by atoms with van der Waals surface area (Å²) in [4.78, 5) is 12.5. The lowest BCUT2D eigenvalue weighted by atomic mass is 10.1. The standard InChI is InChI=1S/C22H25N3O3S/c1-14-10-11-15(2)19(12-14)27-13-20-24-25-22(28-20)29-17(4)21(26)23-16(3)18-8-6-5-7-9-18/h5-12,16-17H,13H2,1-4H3,(H,23,26). The van der Waals surface area contributed by atoms with Crippen LogP contribution in [0.4, 0.5) is 0 Å². The molecule has 0 spiro atoms.